The van der Waals surface area contributed by atoms with Gasteiger partial charge in [0.2, 0.25) is 0 Å². The van der Waals surface area contributed by atoms with Crippen molar-refractivity contribution < 1.29 is 18.3 Å². The van der Waals surface area contributed by atoms with Crippen molar-refractivity contribution in [1.29, 1.82) is 0 Å². The monoisotopic (exact) mass is 357 g/mol. The molecule has 0 heterocycles. The van der Waals surface area contributed by atoms with Crippen molar-refractivity contribution in [3.05, 3.63) is 70.3 Å². The van der Waals surface area contributed by atoms with E-state index in [2.05, 4.69) is 4.99 Å². The number of benzene rings is 2. The molecule has 0 bridgehead atoms. The van der Waals surface area contributed by atoms with Crippen LogP contribution in [-0.4, -0.2) is 19.0 Å². The second-order valence-corrected chi connectivity index (χ2v) is 5.84. The molecule has 1 aliphatic rings. The molecule has 0 saturated heterocycles. The van der Waals surface area contributed by atoms with Crippen molar-refractivity contribution in [2.24, 2.45) is 16.5 Å². The molecule has 0 aliphatic heterocycles. The van der Waals surface area contributed by atoms with E-state index in [-0.39, 0.29) is 11.7 Å². The molecule has 26 heavy (non-hydrogen) atoms. The van der Waals surface area contributed by atoms with Gasteiger partial charge in [-0.25, -0.2) is 8.78 Å². The van der Waals surface area contributed by atoms with Crippen molar-refractivity contribution in [3.63, 3.8) is 0 Å². The summed E-state index contributed by atoms with van der Waals surface area (Å²) < 4.78 is 32.6. The quantitative estimate of drug-likeness (QED) is 0.653. The van der Waals surface area contributed by atoms with E-state index in [0.717, 1.165) is 36.1 Å². The van der Waals surface area contributed by atoms with Crippen molar-refractivity contribution in [2.75, 3.05) is 7.11 Å². The Labute approximate surface area is 149 Å². The summed E-state index contributed by atoms with van der Waals surface area (Å²) in [6.07, 6.45) is 3.40. The summed E-state index contributed by atoms with van der Waals surface area (Å²) in [5, 5.41) is 0. The maximum absolute atomic E-state index is 13.8. The summed E-state index contributed by atoms with van der Waals surface area (Å²) in [4.78, 5) is 15.6. The van der Waals surface area contributed by atoms with Crippen molar-refractivity contribution >= 4 is 17.4 Å². The molecule has 0 atom stereocenters. The van der Waals surface area contributed by atoms with Gasteiger partial charge in [0, 0.05) is 17.2 Å². The Morgan fingerprint density at radius 2 is 1.85 bits per heavy atom. The normalized spacial score (nSPS) is 12.8. The lowest BCUT2D eigenvalue weighted by atomic mass is 9.85. The summed E-state index contributed by atoms with van der Waals surface area (Å²) in [6.45, 7) is 0. The van der Waals surface area contributed by atoms with Crippen LogP contribution in [0.4, 0.5) is 8.78 Å². The minimum absolute atomic E-state index is 0.212. The van der Waals surface area contributed by atoms with Gasteiger partial charge in [0.05, 0.1) is 7.11 Å². The highest BCUT2D eigenvalue weighted by atomic mass is 19.2. The van der Waals surface area contributed by atoms with E-state index in [4.69, 9.17) is 16.2 Å². The standard InChI is InChI=1S/C19H17F2N3O2/c1-26-17-9-16(21)15(20)8-14(17)12-4-2-3-10-5-6-11(7-13(10)12)18(25)24-19(22)23/h4-9H,2-3H2,1H3,(H4,22,23,24,25). The Morgan fingerprint density at radius 3 is 2.54 bits per heavy atom. The van der Waals surface area contributed by atoms with Gasteiger partial charge in [-0.1, -0.05) is 12.1 Å². The third kappa shape index (κ3) is 3.28. The number of hydrogen-bond acceptors (Lipinski definition) is 2. The second-order valence-electron chi connectivity index (χ2n) is 5.84. The van der Waals surface area contributed by atoms with Crippen LogP contribution in [0.5, 0.6) is 5.75 Å². The molecule has 2 aromatic rings. The zero-order chi connectivity index (χ0) is 18.8. The highest BCUT2D eigenvalue weighted by Crippen LogP contribution is 2.37. The van der Waals surface area contributed by atoms with Crippen LogP contribution >= 0.6 is 0 Å². The number of aryl methyl sites for hydroxylation is 1. The van der Waals surface area contributed by atoms with Gasteiger partial charge in [-0.05, 0) is 47.7 Å². The zero-order valence-electron chi connectivity index (χ0n) is 14.1. The number of guanidine groups is 1. The van der Waals surface area contributed by atoms with E-state index in [0.29, 0.717) is 16.7 Å². The summed E-state index contributed by atoms with van der Waals surface area (Å²) in [5.74, 6) is -2.65. The molecule has 0 radical (unpaired) electrons. The van der Waals surface area contributed by atoms with Gasteiger partial charge >= 0.3 is 0 Å². The molecule has 134 valence electrons. The number of nitrogens with zero attached hydrogens (tertiary/aromatic N) is 1. The molecular formula is C19H17F2N3O2. The molecule has 0 unspecified atom stereocenters. The molecule has 0 saturated carbocycles. The van der Waals surface area contributed by atoms with Gasteiger partial charge in [-0.2, -0.15) is 4.99 Å². The summed E-state index contributed by atoms with van der Waals surface area (Å²) in [7, 11) is 1.39. The van der Waals surface area contributed by atoms with Crippen LogP contribution in [0.15, 0.2) is 41.4 Å². The van der Waals surface area contributed by atoms with Gasteiger partial charge in [0.25, 0.3) is 5.91 Å². The van der Waals surface area contributed by atoms with E-state index in [1.165, 1.54) is 7.11 Å². The number of carbonyl (C=O) groups is 1. The van der Waals surface area contributed by atoms with E-state index >= 15 is 0 Å². The van der Waals surface area contributed by atoms with Crippen LogP contribution in [-0.2, 0) is 6.42 Å². The predicted octanol–water partition coefficient (Wildman–Crippen LogP) is 2.76. The Hall–Kier alpha value is -3.22. The Balaban J connectivity index is 2.14. The molecule has 1 aliphatic carbocycles. The van der Waals surface area contributed by atoms with Gasteiger partial charge in [-0.15, -0.1) is 0 Å². The third-order valence-electron chi connectivity index (χ3n) is 4.17. The van der Waals surface area contributed by atoms with Gasteiger partial charge in [0.1, 0.15) is 5.75 Å². The number of halogens is 2. The Bertz CT molecular complexity index is 948. The maximum Gasteiger partial charge on any atom is 0.280 e. The molecule has 2 aromatic carbocycles. The first-order valence-corrected chi connectivity index (χ1v) is 7.91. The first-order chi connectivity index (χ1) is 12.4. The number of amides is 1. The average Bonchev–Trinajstić information content (AvgIpc) is 2.62. The van der Waals surface area contributed by atoms with Gasteiger partial charge in [0.15, 0.2) is 17.6 Å². The third-order valence-corrected chi connectivity index (χ3v) is 4.17. The second kappa shape index (κ2) is 6.95. The molecule has 7 heteroatoms. The number of aliphatic imine (C=N–C) groups is 1. The van der Waals surface area contributed by atoms with Crippen molar-refractivity contribution in [3.8, 4) is 5.75 Å². The van der Waals surface area contributed by atoms with Gasteiger partial charge in [-0.3, -0.25) is 4.79 Å². The topological polar surface area (TPSA) is 90.7 Å². The number of carbonyl (C=O) groups excluding carboxylic acids is 1. The highest BCUT2D eigenvalue weighted by molar-refractivity contribution is 6.02. The molecule has 4 N–H and O–H groups in total. The largest absolute Gasteiger partial charge is 0.496 e. The number of hydrogen-bond donors (Lipinski definition) is 2. The smallest absolute Gasteiger partial charge is 0.280 e. The van der Waals surface area contributed by atoms with E-state index in [1.807, 2.05) is 12.1 Å². The number of methoxy groups -OCH3 is 1. The Kier molecular flexibility index (Phi) is 4.71. The van der Waals surface area contributed by atoms with E-state index in [1.54, 1.807) is 12.1 Å². The number of nitrogens with two attached hydrogens (primary N) is 2. The van der Waals surface area contributed by atoms with Crippen LogP contribution in [0, 0.1) is 11.6 Å². The zero-order valence-corrected chi connectivity index (χ0v) is 14.1. The first-order valence-electron chi connectivity index (χ1n) is 7.91. The Morgan fingerprint density at radius 1 is 1.12 bits per heavy atom. The number of ether oxygens (including phenoxy) is 1. The molecule has 0 fully saturated rings. The minimum Gasteiger partial charge on any atom is -0.496 e. The lowest BCUT2D eigenvalue weighted by molar-refractivity contribution is 0.100. The fraction of sp³-hybridized carbons (Fsp3) is 0.158. The summed E-state index contributed by atoms with van der Waals surface area (Å²) in [6, 6.07) is 7.20. The lowest BCUT2D eigenvalue weighted by Crippen LogP contribution is -2.24. The van der Waals surface area contributed by atoms with Crippen LogP contribution in [0.25, 0.3) is 5.57 Å². The minimum atomic E-state index is -0.987. The highest BCUT2D eigenvalue weighted by Gasteiger charge is 2.21. The van der Waals surface area contributed by atoms with Crippen LogP contribution < -0.4 is 16.2 Å². The van der Waals surface area contributed by atoms with E-state index < -0.39 is 17.5 Å². The summed E-state index contributed by atoms with van der Waals surface area (Å²) >= 11 is 0. The number of allylic oxidation sites excluding steroid dienone is 1. The van der Waals surface area contributed by atoms with Crippen LogP contribution in [0.1, 0.15) is 33.5 Å². The molecule has 1 amide bonds. The lowest BCUT2D eigenvalue weighted by Gasteiger charge is -2.20. The maximum atomic E-state index is 13.8. The fourth-order valence-corrected chi connectivity index (χ4v) is 3.00. The molecule has 0 aromatic heterocycles. The van der Waals surface area contributed by atoms with Crippen molar-refractivity contribution in [2.45, 2.75) is 12.8 Å². The first kappa shape index (κ1) is 17.6. The molecule has 0 spiro atoms. The molecular weight excluding hydrogens is 340 g/mol. The van der Waals surface area contributed by atoms with Crippen LogP contribution in [0.3, 0.4) is 0 Å². The van der Waals surface area contributed by atoms with Gasteiger partial charge < -0.3 is 16.2 Å². The average molecular weight is 357 g/mol. The van der Waals surface area contributed by atoms with Crippen molar-refractivity contribution in [1.82, 2.24) is 0 Å². The molecule has 5 nitrogen and oxygen atoms in total. The fourth-order valence-electron chi connectivity index (χ4n) is 3.00. The van der Waals surface area contributed by atoms with Crippen LogP contribution in [0.2, 0.25) is 0 Å². The molecule has 3 rings (SSSR count). The van der Waals surface area contributed by atoms with E-state index in [9.17, 15) is 13.6 Å². The number of fused-ring (bicyclic) bond motifs is 1. The number of rotatable bonds is 3. The summed E-state index contributed by atoms with van der Waals surface area (Å²) in [5.41, 5.74) is 13.6. The SMILES string of the molecule is COc1cc(F)c(F)cc1C1=CCCc2ccc(C(=O)N=C(N)N)cc21. The predicted molar refractivity (Wildman–Crippen MR) is 94.9 cm³/mol.